The summed E-state index contributed by atoms with van der Waals surface area (Å²) < 4.78 is 0. The highest BCUT2D eigenvalue weighted by atomic mass is 15.2. The largest absolute Gasteiger partial charge is 0.345 e. The van der Waals surface area contributed by atoms with Crippen molar-refractivity contribution in [3.63, 3.8) is 0 Å². The molecule has 1 fully saturated rings. The molecule has 0 aliphatic carbocycles. The maximum absolute atomic E-state index is 4.26. The second kappa shape index (κ2) is 4.79. The summed E-state index contributed by atoms with van der Waals surface area (Å²) in [7, 11) is 0. The van der Waals surface area contributed by atoms with Gasteiger partial charge in [-0.25, -0.2) is 0 Å². The lowest BCUT2D eigenvalue weighted by molar-refractivity contribution is 0.625. The van der Waals surface area contributed by atoms with Crippen LogP contribution in [0.15, 0.2) is 54.8 Å². The Morgan fingerprint density at radius 1 is 1.29 bits per heavy atom. The van der Waals surface area contributed by atoms with Crippen molar-refractivity contribution in [2.75, 3.05) is 11.4 Å². The normalized spacial score (nSPS) is 20.1. The smallest absolute Gasteiger partial charge is 0.0408 e. The van der Waals surface area contributed by atoms with Crippen LogP contribution < -0.4 is 4.90 Å². The summed E-state index contributed by atoms with van der Waals surface area (Å²) in [5.74, 6) is 0.989. The molecule has 0 aromatic heterocycles. The van der Waals surface area contributed by atoms with Gasteiger partial charge < -0.3 is 4.90 Å². The zero-order valence-corrected chi connectivity index (χ0v) is 10.8. The standard InChI is InChI=1S/C16H21N/c1-12(2)13(3)16-10-11-17(14(16)4)15-8-6-5-7-9-15/h5-9,12,16H,3-4,10-11H2,1-2H3. The van der Waals surface area contributed by atoms with Gasteiger partial charge in [-0.2, -0.15) is 0 Å². The Kier molecular flexibility index (Phi) is 3.37. The minimum Gasteiger partial charge on any atom is -0.345 e. The van der Waals surface area contributed by atoms with Crippen LogP contribution in [0.25, 0.3) is 0 Å². The molecule has 0 spiro atoms. The van der Waals surface area contributed by atoms with E-state index in [1.807, 2.05) is 6.07 Å². The van der Waals surface area contributed by atoms with Crippen molar-refractivity contribution < 1.29 is 0 Å². The van der Waals surface area contributed by atoms with E-state index in [1.165, 1.54) is 17.0 Å². The molecule has 1 aliphatic rings. The molecule has 1 aliphatic heterocycles. The molecule has 1 aromatic carbocycles. The minimum atomic E-state index is 0.454. The van der Waals surface area contributed by atoms with Crippen LogP contribution in [0.4, 0.5) is 5.69 Å². The lowest BCUT2D eigenvalue weighted by Gasteiger charge is -2.23. The fourth-order valence-electron chi connectivity index (χ4n) is 2.46. The molecule has 2 rings (SSSR count). The zero-order chi connectivity index (χ0) is 12.4. The first kappa shape index (κ1) is 12.0. The average Bonchev–Trinajstić information content (AvgIpc) is 2.71. The van der Waals surface area contributed by atoms with Gasteiger partial charge in [-0.15, -0.1) is 0 Å². The molecule has 0 saturated carbocycles. The highest BCUT2D eigenvalue weighted by Gasteiger charge is 2.29. The number of benzene rings is 1. The lowest BCUT2D eigenvalue weighted by atomic mass is 9.89. The number of allylic oxidation sites excluding steroid dienone is 1. The Morgan fingerprint density at radius 3 is 2.53 bits per heavy atom. The number of hydrogen-bond donors (Lipinski definition) is 0. The second-order valence-electron chi connectivity index (χ2n) is 5.05. The van der Waals surface area contributed by atoms with Crippen LogP contribution in [-0.2, 0) is 0 Å². The molecule has 0 N–H and O–H groups in total. The molecule has 1 aromatic rings. The molecule has 90 valence electrons. The highest BCUT2D eigenvalue weighted by Crippen LogP contribution is 2.37. The Balaban J connectivity index is 2.16. The van der Waals surface area contributed by atoms with Gasteiger partial charge in [0, 0.05) is 23.8 Å². The molecule has 17 heavy (non-hydrogen) atoms. The van der Waals surface area contributed by atoms with E-state index in [-0.39, 0.29) is 0 Å². The summed E-state index contributed by atoms with van der Waals surface area (Å²) in [6.45, 7) is 14.0. The van der Waals surface area contributed by atoms with Crippen LogP contribution in [0.5, 0.6) is 0 Å². The molecule has 0 amide bonds. The fourth-order valence-corrected chi connectivity index (χ4v) is 2.46. The quantitative estimate of drug-likeness (QED) is 0.698. The molecule has 1 atom stereocenters. The van der Waals surface area contributed by atoms with Gasteiger partial charge >= 0.3 is 0 Å². The maximum atomic E-state index is 4.26. The third-order valence-corrected chi connectivity index (χ3v) is 3.65. The van der Waals surface area contributed by atoms with Gasteiger partial charge in [-0.1, -0.05) is 50.8 Å². The number of para-hydroxylation sites is 1. The van der Waals surface area contributed by atoms with Gasteiger partial charge in [0.25, 0.3) is 0 Å². The zero-order valence-electron chi connectivity index (χ0n) is 10.8. The summed E-state index contributed by atoms with van der Waals surface area (Å²) in [5, 5.41) is 0. The van der Waals surface area contributed by atoms with Gasteiger partial charge in [-0.3, -0.25) is 0 Å². The minimum absolute atomic E-state index is 0.454. The van der Waals surface area contributed by atoms with Gasteiger partial charge in [0.15, 0.2) is 0 Å². The number of hydrogen-bond acceptors (Lipinski definition) is 1. The van der Waals surface area contributed by atoms with Crippen molar-refractivity contribution >= 4 is 5.69 Å². The fraction of sp³-hybridized carbons (Fsp3) is 0.375. The third-order valence-electron chi connectivity index (χ3n) is 3.65. The molecule has 1 saturated heterocycles. The molecular weight excluding hydrogens is 206 g/mol. The van der Waals surface area contributed by atoms with Crippen molar-refractivity contribution in [2.24, 2.45) is 11.8 Å². The topological polar surface area (TPSA) is 3.24 Å². The number of anilines is 1. The van der Waals surface area contributed by atoms with Gasteiger partial charge in [-0.05, 0) is 24.5 Å². The molecular formula is C16H21N. The average molecular weight is 227 g/mol. The van der Waals surface area contributed by atoms with Gasteiger partial charge in [0.1, 0.15) is 0 Å². The third kappa shape index (κ3) is 2.28. The summed E-state index contributed by atoms with van der Waals surface area (Å²) in [5.41, 5.74) is 3.76. The van der Waals surface area contributed by atoms with E-state index in [4.69, 9.17) is 0 Å². The monoisotopic (exact) mass is 227 g/mol. The van der Waals surface area contributed by atoms with Crippen LogP contribution in [0.1, 0.15) is 20.3 Å². The van der Waals surface area contributed by atoms with E-state index < -0.39 is 0 Å². The van der Waals surface area contributed by atoms with E-state index >= 15 is 0 Å². The molecule has 0 radical (unpaired) electrons. The van der Waals surface area contributed by atoms with Crippen molar-refractivity contribution in [3.05, 3.63) is 54.8 Å². The van der Waals surface area contributed by atoms with E-state index in [2.05, 4.69) is 56.2 Å². The molecule has 0 bridgehead atoms. The number of rotatable bonds is 3. The van der Waals surface area contributed by atoms with Crippen LogP contribution in [-0.4, -0.2) is 6.54 Å². The second-order valence-corrected chi connectivity index (χ2v) is 5.05. The van der Waals surface area contributed by atoms with Crippen LogP contribution in [0.3, 0.4) is 0 Å². The maximum Gasteiger partial charge on any atom is 0.0408 e. The Bertz CT molecular complexity index is 416. The predicted octanol–water partition coefficient (Wildman–Crippen LogP) is 4.24. The van der Waals surface area contributed by atoms with Crippen LogP contribution >= 0.6 is 0 Å². The number of nitrogens with zero attached hydrogens (tertiary/aromatic N) is 1. The SMILES string of the molecule is C=C(C(C)C)C1CCN(c2ccccc2)C1=C. The Morgan fingerprint density at radius 2 is 1.94 bits per heavy atom. The first-order valence-corrected chi connectivity index (χ1v) is 6.31. The predicted molar refractivity (Wildman–Crippen MR) is 75.0 cm³/mol. The van der Waals surface area contributed by atoms with Crippen molar-refractivity contribution in [1.29, 1.82) is 0 Å². The Labute approximate surface area is 104 Å². The van der Waals surface area contributed by atoms with E-state index in [9.17, 15) is 0 Å². The molecule has 1 unspecified atom stereocenters. The van der Waals surface area contributed by atoms with Crippen molar-refractivity contribution in [2.45, 2.75) is 20.3 Å². The van der Waals surface area contributed by atoms with Gasteiger partial charge in [0.05, 0.1) is 0 Å². The highest BCUT2D eigenvalue weighted by molar-refractivity contribution is 5.54. The van der Waals surface area contributed by atoms with E-state index in [1.54, 1.807) is 0 Å². The van der Waals surface area contributed by atoms with Crippen LogP contribution in [0, 0.1) is 11.8 Å². The summed E-state index contributed by atoms with van der Waals surface area (Å²) >= 11 is 0. The van der Waals surface area contributed by atoms with Crippen molar-refractivity contribution in [1.82, 2.24) is 0 Å². The summed E-state index contributed by atoms with van der Waals surface area (Å²) in [6.07, 6.45) is 1.14. The van der Waals surface area contributed by atoms with Crippen LogP contribution in [0.2, 0.25) is 0 Å². The first-order valence-electron chi connectivity index (χ1n) is 6.31. The lowest BCUT2D eigenvalue weighted by Crippen LogP contribution is -2.17. The molecule has 1 heterocycles. The van der Waals surface area contributed by atoms with E-state index in [0.29, 0.717) is 11.8 Å². The van der Waals surface area contributed by atoms with Gasteiger partial charge in [0.2, 0.25) is 0 Å². The Hall–Kier alpha value is -1.50. The molecule has 1 nitrogen and oxygen atoms in total. The van der Waals surface area contributed by atoms with E-state index in [0.717, 1.165) is 13.0 Å². The summed E-state index contributed by atoms with van der Waals surface area (Å²) in [6, 6.07) is 10.5. The van der Waals surface area contributed by atoms with Crippen molar-refractivity contribution in [3.8, 4) is 0 Å². The molecule has 1 heteroatoms. The summed E-state index contributed by atoms with van der Waals surface area (Å²) in [4.78, 5) is 2.32. The first-order chi connectivity index (χ1) is 8.11.